The van der Waals surface area contributed by atoms with Gasteiger partial charge < -0.3 is 9.80 Å². The summed E-state index contributed by atoms with van der Waals surface area (Å²) in [7, 11) is 0. The number of benzene rings is 9. The van der Waals surface area contributed by atoms with Gasteiger partial charge in [-0.15, -0.1) is 0 Å². The monoisotopic (exact) mass is 736 g/mol. The van der Waals surface area contributed by atoms with Crippen LogP contribution in [0.4, 0.5) is 34.1 Å². The normalized spacial score (nSPS) is 12.7. The van der Waals surface area contributed by atoms with Gasteiger partial charge in [0.2, 0.25) is 13.4 Å². The molecular formula is C54H38B2N2. The molecule has 11 rings (SSSR count). The van der Waals surface area contributed by atoms with Crippen LogP contribution in [-0.4, -0.2) is 13.4 Å². The number of nitrogens with zero attached hydrogens (tertiary/aromatic N) is 2. The van der Waals surface area contributed by atoms with Crippen LogP contribution in [0.1, 0.15) is 0 Å². The molecule has 9 aromatic carbocycles. The second-order valence-electron chi connectivity index (χ2n) is 15.2. The van der Waals surface area contributed by atoms with Crippen LogP contribution >= 0.6 is 0 Å². The number of hydrogen-bond donors (Lipinski definition) is 0. The predicted molar refractivity (Wildman–Crippen MR) is 249 cm³/mol. The fourth-order valence-electron chi connectivity index (χ4n) is 9.57. The summed E-state index contributed by atoms with van der Waals surface area (Å²) in [6.45, 7) is -0.0551. The van der Waals surface area contributed by atoms with Gasteiger partial charge in [0.05, 0.1) is 0 Å². The Labute approximate surface area is 341 Å². The van der Waals surface area contributed by atoms with E-state index in [0.717, 1.165) is 11.4 Å². The lowest BCUT2D eigenvalue weighted by molar-refractivity contribution is 1.26. The van der Waals surface area contributed by atoms with Gasteiger partial charge >= 0.3 is 0 Å². The standard InChI is InChI=1S/C54H38B2N2/c1-5-21-39(22-6-1)43-29-13-15-31-45(43)55-47-33-17-19-35-51(47)57(41-25-9-3-10-26-41)53-38-54-50(37-49(53)55)56(46-32-16-14-30-44(46)40-23-7-2-8-24-40)48-34-18-20-36-52(48)58(54)42-27-11-4-12-28-42/h1-38H. The molecule has 0 spiro atoms. The fraction of sp³-hybridized carbons (Fsp3) is 0. The second kappa shape index (κ2) is 14.3. The summed E-state index contributed by atoms with van der Waals surface area (Å²) in [6.07, 6.45) is 0. The average Bonchev–Trinajstić information content (AvgIpc) is 3.30. The Morgan fingerprint density at radius 3 is 0.983 bits per heavy atom. The Morgan fingerprint density at radius 2 is 0.569 bits per heavy atom. The molecule has 270 valence electrons. The smallest absolute Gasteiger partial charge is 0.247 e. The van der Waals surface area contributed by atoms with E-state index in [1.54, 1.807) is 0 Å². The van der Waals surface area contributed by atoms with Gasteiger partial charge in [-0.3, -0.25) is 0 Å². The van der Waals surface area contributed by atoms with E-state index in [-0.39, 0.29) is 13.4 Å². The van der Waals surface area contributed by atoms with E-state index in [2.05, 4.69) is 240 Å². The summed E-state index contributed by atoms with van der Waals surface area (Å²) in [6, 6.07) is 84.7. The Balaban J connectivity index is 1.26. The van der Waals surface area contributed by atoms with Gasteiger partial charge in [0, 0.05) is 34.1 Å². The topological polar surface area (TPSA) is 6.48 Å². The van der Waals surface area contributed by atoms with E-state index >= 15 is 0 Å². The molecule has 0 saturated heterocycles. The Bertz CT molecular complexity index is 2720. The molecule has 0 saturated carbocycles. The molecule has 0 aromatic heterocycles. The maximum Gasteiger partial charge on any atom is 0.247 e. The molecule has 2 aliphatic rings. The SMILES string of the molecule is c1ccc(-c2ccccc2B2c3ccccc3N(c3ccccc3)c3cc4c(cc32)B(c2ccccc2-c2ccccc2)c2ccccc2N4c2ccccc2)cc1. The van der Waals surface area contributed by atoms with Gasteiger partial charge in [-0.1, -0.05) is 199 Å². The van der Waals surface area contributed by atoms with Gasteiger partial charge in [0.1, 0.15) is 0 Å². The van der Waals surface area contributed by atoms with Crippen molar-refractivity contribution in [3.63, 3.8) is 0 Å². The minimum atomic E-state index is -0.0276. The van der Waals surface area contributed by atoms with Crippen molar-refractivity contribution in [2.24, 2.45) is 0 Å². The van der Waals surface area contributed by atoms with Crippen LogP contribution in [-0.2, 0) is 0 Å². The Morgan fingerprint density at radius 1 is 0.241 bits per heavy atom. The van der Waals surface area contributed by atoms with Gasteiger partial charge in [0.25, 0.3) is 0 Å². The van der Waals surface area contributed by atoms with Crippen LogP contribution in [0, 0.1) is 0 Å². The lowest BCUT2D eigenvalue weighted by atomic mass is 9.31. The molecule has 0 unspecified atom stereocenters. The molecule has 4 heteroatoms. The first-order valence-corrected chi connectivity index (χ1v) is 20.2. The highest BCUT2D eigenvalue weighted by Gasteiger charge is 2.42. The largest absolute Gasteiger partial charge is 0.311 e. The van der Waals surface area contributed by atoms with Crippen molar-refractivity contribution >= 4 is 80.3 Å². The molecule has 0 aliphatic carbocycles. The van der Waals surface area contributed by atoms with Gasteiger partial charge in [-0.2, -0.15) is 0 Å². The molecule has 58 heavy (non-hydrogen) atoms. The maximum atomic E-state index is 2.57. The maximum absolute atomic E-state index is 2.57. The summed E-state index contributed by atoms with van der Waals surface area (Å²) < 4.78 is 0. The quantitative estimate of drug-likeness (QED) is 0.157. The van der Waals surface area contributed by atoms with E-state index in [0.29, 0.717) is 0 Å². The van der Waals surface area contributed by atoms with Crippen LogP contribution in [0.15, 0.2) is 231 Å². The highest BCUT2D eigenvalue weighted by atomic mass is 15.2. The molecule has 2 heterocycles. The molecule has 0 bridgehead atoms. The molecule has 0 fully saturated rings. The van der Waals surface area contributed by atoms with E-state index < -0.39 is 0 Å². The van der Waals surface area contributed by atoms with Crippen LogP contribution in [0.2, 0.25) is 0 Å². The van der Waals surface area contributed by atoms with Crippen LogP contribution < -0.4 is 42.6 Å². The molecular weight excluding hydrogens is 698 g/mol. The lowest BCUT2D eigenvalue weighted by Gasteiger charge is -2.42. The summed E-state index contributed by atoms with van der Waals surface area (Å²) in [4.78, 5) is 4.98. The zero-order valence-electron chi connectivity index (χ0n) is 32.0. The van der Waals surface area contributed by atoms with Crippen molar-refractivity contribution in [2.45, 2.75) is 0 Å². The predicted octanol–water partition coefficient (Wildman–Crippen LogP) is 9.62. The molecule has 0 radical (unpaired) electrons. The number of rotatable bonds is 6. The van der Waals surface area contributed by atoms with Gasteiger partial charge in [0.15, 0.2) is 0 Å². The molecule has 0 atom stereocenters. The van der Waals surface area contributed by atoms with Crippen LogP contribution in [0.3, 0.4) is 0 Å². The molecule has 9 aromatic rings. The van der Waals surface area contributed by atoms with E-state index in [1.807, 2.05) is 0 Å². The lowest BCUT2D eigenvalue weighted by Crippen LogP contribution is -2.62. The molecule has 0 amide bonds. The number of anilines is 6. The van der Waals surface area contributed by atoms with Gasteiger partial charge in [-0.05, 0) is 86.6 Å². The Kier molecular flexibility index (Phi) is 8.40. The van der Waals surface area contributed by atoms with E-state index in [1.165, 1.54) is 77.8 Å². The molecule has 0 N–H and O–H groups in total. The summed E-state index contributed by atoms with van der Waals surface area (Å²) >= 11 is 0. The third-order valence-electron chi connectivity index (χ3n) is 12.0. The Hall–Kier alpha value is -7.29. The summed E-state index contributed by atoms with van der Waals surface area (Å²) in [5.41, 5.74) is 19.8. The number of fused-ring (bicyclic) bond motifs is 4. The van der Waals surface area contributed by atoms with Crippen molar-refractivity contribution in [1.82, 2.24) is 0 Å². The van der Waals surface area contributed by atoms with Crippen LogP contribution in [0.25, 0.3) is 22.3 Å². The van der Waals surface area contributed by atoms with Crippen LogP contribution in [0.5, 0.6) is 0 Å². The van der Waals surface area contributed by atoms with Crippen molar-refractivity contribution in [2.75, 3.05) is 9.80 Å². The number of para-hydroxylation sites is 4. The first kappa shape index (κ1) is 34.0. The van der Waals surface area contributed by atoms with Crippen molar-refractivity contribution < 1.29 is 0 Å². The minimum Gasteiger partial charge on any atom is -0.311 e. The first-order valence-electron chi connectivity index (χ1n) is 20.2. The van der Waals surface area contributed by atoms with Crippen molar-refractivity contribution in [1.29, 1.82) is 0 Å². The van der Waals surface area contributed by atoms with Crippen molar-refractivity contribution in [3.05, 3.63) is 231 Å². The van der Waals surface area contributed by atoms with E-state index in [9.17, 15) is 0 Å². The number of hydrogen-bond acceptors (Lipinski definition) is 2. The third kappa shape index (κ3) is 5.60. The zero-order chi connectivity index (χ0) is 38.4. The first-order chi connectivity index (χ1) is 28.8. The highest BCUT2D eigenvalue weighted by Crippen LogP contribution is 2.42. The minimum absolute atomic E-state index is 0.0276. The molecule has 2 nitrogen and oxygen atoms in total. The fourth-order valence-corrected chi connectivity index (χ4v) is 9.57. The van der Waals surface area contributed by atoms with E-state index in [4.69, 9.17) is 0 Å². The van der Waals surface area contributed by atoms with Gasteiger partial charge in [-0.25, -0.2) is 0 Å². The second-order valence-corrected chi connectivity index (χ2v) is 15.2. The zero-order valence-corrected chi connectivity index (χ0v) is 32.0. The van der Waals surface area contributed by atoms with Crippen molar-refractivity contribution in [3.8, 4) is 22.3 Å². The average molecular weight is 737 g/mol. The highest BCUT2D eigenvalue weighted by molar-refractivity contribution is 7.01. The molecule has 2 aliphatic heterocycles. The third-order valence-corrected chi connectivity index (χ3v) is 12.0. The summed E-state index contributed by atoms with van der Waals surface area (Å²) in [5.74, 6) is 0. The summed E-state index contributed by atoms with van der Waals surface area (Å²) in [5, 5.41) is 0.